The monoisotopic (exact) mass is 238 g/mol. The first-order valence-electron chi connectivity index (χ1n) is 5.10. The molecule has 0 aliphatic heterocycles. The molecule has 0 spiro atoms. The van der Waals surface area contributed by atoms with Crippen LogP contribution in [0.25, 0.3) is 0 Å². The second-order valence-corrected chi connectivity index (χ2v) is 3.36. The lowest BCUT2D eigenvalue weighted by atomic mass is 10.4. The van der Waals surface area contributed by atoms with Crippen molar-refractivity contribution in [1.29, 1.82) is 0 Å². The largest absolute Gasteiger partial charge is 0.481 e. The summed E-state index contributed by atoms with van der Waals surface area (Å²) in [5.41, 5.74) is 5.38. The number of aryl methyl sites for hydroxylation is 1. The number of nitrogens with zero attached hydrogens (tertiary/aromatic N) is 4. The Kier molecular flexibility index (Phi) is 3.24. The molecule has 0 aliphatic carbocycles. The van der Waals surface area contributed by atoms with Gasteiger partial charge >= 0.3 is 6.01 Å². The number of hydrogen-bond acceptors (Lipinski definition) is 7. The van der Waals surface area contributed by atoms with Gasteiger partial charge in [-0.3, -0.25) is 5.32 Å². The number of nitrogens with one attached hydrogen (secondary N) is 1. The van der Waals surface area contributed by atoms with E-state index in [1.165, 1.54) is 0 Å². The predicted octanol–water partition coefficient (Wildman–Crippen LogP) is 0.0565. The zero-order chi connectivity index (χ0) is 12.3. The molecule has 17 heavy (non-hydrogen) atoms. The summed E-state index contributed by atoms with van der Waals surface area (Å²) in [6.45, 7) is 0.471. The number of anilines is 2. The maximum absolute atomic E-state index is 5.38. The number of nitrogens with two attached hydrogens (primary N) is 1. The SMILES string of the molecule is COc1cc(Nc2nnc(CCN)o2)nn1C. The van der Waals surface area contributed by atoms with Gasteiger partial charge in [0.1, 0.15) is 0 Å². The Hall–Kier alpha value is -2.09. The maximum Gasteiger partial charge on any atom is 0.321 e. The van der Waals surface area contributed by atoms with Crippen molar-refractivity contribution >= 4 is 11.8 Å². The van der Waals surface area contributed by atoms with Crippen LogP contribution in [0.1, 0.15) is 5.89 Å². The number of rotatable bonds is 5. The zero-order valence-electron chi connectivity index (χ0n) is 9.67. The summed E-state index contributed by atoms with van der Waals surface area (Å²) >= 11 is 0. The molecular weight excluding hydrogens is 224 g/mol. The molecule has 0 aromatic carbocycles. The van der Waals surface area contributed by atoms with E-state index in [9.17, 15) is 0 Å². The minimum atomic E-state index is 0.286. The van der Waals surface area contributed by atoms with Gasteiger partial charge in [0.15, 0.2) is 5.82 Å². The van der Waals surface area contributed by atoms with Crippen molar-refractivity contribution in [3.63, 3.8) is 0 Å². The molecule has 8 heteroatoms. The highest BCUT2D eigenvalue weighted by molar-refractivity contribution is 5.47. The van der Waals surface area contributed by atoms with Gasteiger partial charge < -0.3 is 14.9 Å². The summed E-state index contributed by atoms with van der Waals surface area (Å²) in [7, 11) is 3.35. The van der Waals surface area contributed by atoms with Crippen LogP contribution in [-0.4, -0.2) is 33.6 Å². The van der Waals surface area contributed by atoms with E-state index in [0.29, 0.717) is 30.6 Å². The first-order valence-corrected chi connectivity index (χ1v) is 5.10. The first-order chi connectivity index (χ1) is 8.22. The van der Waals surface area contributed by atoms with Gasteiger partial charge in [-0.25, -0.2) is 4.68 Å². The van der Waals surface area contributed by atoms with Crippen molar-refractivity contribution in [2.75, 3.05) is 19.0 Å². The van der Waals surface area contributed by atoms with E-state index in [2.05, 4.69) is 20.6 Å². The first kappa shape index (κ1) is 11.4. The molecular formula is C9H14N6O2. The number of ether oxygens (including phenoxy) is 1. The summed E-state index contributed by atoms with van der Waals surface area (Å²) in [6.07, 6.45) is 0.556. The van der Waals surface area contributed by atoms with Crippen LogP contribution in [0.2, 0.25) is 0 Å². The number of methoxy groups -OCH3 is 1. The molecule has 0 bridgehead atoms. The van der Waals surface area contributed by atoms with Crippen LogP contribution in [0.5, 0.6) is 5.88 Å². The quantitative estimate of drug-likeness (QED) is 0.758. The molecule has 3 N–H and O–H groups in total. The van der Waals surface area contributed by atoms with Crippen molar-refractivity contribution in [1.82, 2.24) is 20.0 Å². The van der Waals surface area contributed by atoms with Crippen molar-refractivity contribution in [3.05, 3.63) is 12.0 Å². The van der Waals surface area contributed by atoms with Gasteiger partial charge in [-0.05, 0) is 0 Å². The Bertz CT molecular complexity index is 491. The van der Waals surface area contributed by atoms with E-state index in [0.717, 1.165) is 0 Å². The molecule has 0 aliphatic rings. The normalized spacial score (nSPS) is 10.5. The van der Waals surface area contributed by atoms with Crippen molar-refractivity contribution in [3.8, 4) is 5.88 Å². The molecule has 0 unspecified atom stereocenters. The second-order valence-electron chi connectivity index (χ2n) is 3.36. The zero-order valence-corrected chi connectivity index (χ0v) is 9.67. The molecule has 8 nitrogen and oxygen atoms in total. The highest BCUT2D eigenvalue weighted by atomic mass is 16.5. The molecule has 2 rings (SSSR count). The molecule has 92 valence electrons. The lowest BCUT2D eigenvalue weighted by Gasteiger charge is -1.95. The third kappa shape index (κ3) is 2.53. The van der Waals surface area contributed by atoms with Gasteiger partial charge in [0.25, 0.3) is 0 Å². The van der Waals surface area contributed by atoms with Crippen LogP contribution in [0.15, 0.2) is 10.5 Å². The topological polar surface area (TPSA) is 104 Å². The number of hydrogen-bond donors (Lipinski definition) is 2. The Morgan fingerprint density at radius 1 is 1.53 bits per heavy atom. The standard InChI is InChI=1S/C9H14N6O2/c1-15-8(16-2)5-6(14-15)11-9-13-12-7(17-9)3-4-10/h5H,3-4,10H2,1-2H3,(H,11,13,14). The molecule has 0 radical (unpaired) electrons. The minimum Gasteiger partial charge on any atom is -0.481 e. The van der Waals surface area contributed by atoms with Gasteiger partial charge in [0, 0.05) is 26.1 Å². The fraction of sp³-hybridized carbons (Fsp3) is 0.444. The van der Waals surface area contributed by atoms with E-state index in [4.69, 9.17) is 14.9 Å². The predicted molar refractivity (Wildman–Crippen MR) is 60.1 cm³/mol. The van der Waals surface area contributed by atoms with Crippen LogP contribution in [0, 0.1) is 0 Å². The Morgan fingerprint density at radius 3 is 3.00 bits per heavy atom. The van der Waals surface area contributed by atoms with Crippen molar-refractivity contribution in [2.45, 2.75) is 6.42 Å². The molecule has 0 saturated heterocycles. The van der Waals surface area contributed by atoms with Gasteiger partial charge in [-0.15, -0.1) is 5.10 Å². The second kappa shape index (κ2) is 4.83. The van der Waals surface area contributed by atoms with Crippen molar-refractivity contribution in [2.24, 2.45) is 12.8 Å². The van der Waals surface area contributed by atoms with Gasteiger partial charge in [0.05, 0.1) is 7.11 Å². The Labute approximate surface area is 97.8 Å². The molecule has 2 heterocycles. The Balaban J connectivity index is 2.08. The van der Waals surface area contributed by atoms with Crippen LogP contribution < -0.4 is 15.8 Å². The van der Waals surface area contributed by atoms with Crippen molar-refractivity contribution < 1.29 is 9.15 Å². The van der Waals surface area contributed by atoms with E-state index >= 15 is 0 Å². The van der Waals surface area contributed by atoms with Crippen LogP contribution in [0.4, 0.5) is 11.8 Å². The lowest BCUT2D eigenvalue weighted by Crippen LogP contribution is -2.02. The highest BCUT2D eigenvalue weighted by Crippen LogP contribution is 2.19. The summed E-state index contributed by atoms with van der Waals surface area (Å²) in [6, 6.07) is 2.02. The van der Waals surface area contributed by atoms with Crippen LogP contribution in [-0.2, 0) is 13.5 Å². The molecule has 0 saturated carbocycles. The third-order valence-corrected chi connectivity index (χ3v) is 2.11. The number of aromatic nitrogens is 4. The fourth-order valence-electron chi connectivity index (χ4n) is 1.34. The smallest absolute Gasteiger partial charge is 0.321 e. The molecule has 0 fully saturated rings. The molecule has 0 amide bonds. The Morgan fingerprint density at radius 2 is 2.35 bits per heavy atom. The van der Waals surface area contributed by atoms with E-state index in [1.807, 2.05) is 0 Å². The van der Waals surface area contributed by atoms with E-state index in [-0.39, 0.29) is 6.01 Å². The fourth-order valence-corrected chi connectivity index (χ4v) is 1.34. The minimum absolute atomic E-state index is 0.286. The molecule has 0 atom stereocenters. The van der Waals surface area contributed by atoms with E-state index < -0.39 is 0 Å². The molecule has 2 aromatic heterocycles. The van der Waals surface area contributed by atoms with Gasteiger partial charge in [-0.1, -0.05) is 5.10 Å². The summed E-state index contributed by atoms with van der Waals surface area (Å²) in [4.78, 5) is 0. The summed E-state index contributed by atoms with van der Waals surface area (Å²) in [5.74, 6) is 1.71. The van der Waals surface area contributed by atoms with Crippen LogP contribution in [0.3, 0.4) is 0 Å². The average Bonchev–Trinajstić information content (AvgIpc) is 2.87. The highest BCUT2D eigenvalue weighted by Gasteiger charge is 2.09. The van der Waals surface area contributed by atoms with E-state index in [1.54, 1.807) is 24.9 Å². The average molecular weight is 238 g/mol. The third-order valence-electron chi connectivity index (χ3n) is 2.11. The van der Waals surface area contributed by atoms with Gasteiger partial charge in [-0.2, -0.15) is 5.10 Å². The maximum atomic E-state index is 5.38. The summed E-state index contributed by atoms with van der Waals surface area (Å²) in [5, 5.41) is 14.7. The van der Waals surface area contributed by atoms with Crippen LogP contribution >= 0.6 is 0 Å². The van der Waals surface area contributed by atoms with Gasteiger partial charge in [0.2, 0.25) is 11.8 Å². The summed E-state index contributed by atoms with van der Waals surface area (Å²) < 4.78 is 12.0. The lowest BCUT2D eigenvalue weighted by molar-refractivity contribution is 0.373. The molecule has 2 aromatic rings.